The van der Waals surface area contributed by atoms with Gasteiger partial charge >= 0.3 is 0 Å². The van der Waals surface area contributed by atoms with Crippen LogP contribution in [0.4, 0.5) is 11.6 Å². The van der Waals surface area contributed by atoms with E-state index in [2.05, 4.69) is 44.4 Å². The quantitative estimate of drug-likeness (QED) is 0.481. The second-order valence-corrected chi connectivity index (χ2v) is 9.33. The predicted molar refractivity (Wildman–Crippen MR) is 124 cm³/mol. The van der Waals surface area contributed by atoms with E-state index in [0.29, 0.717) is 24.2 Å². The highest BCUT2D eigenvalue weighted by molar-refractivity contribution is 5.91. The summed E-state index contributed by atoms with van der Waals surface area (Å²) in [5.41, 5.74) is 7.53. The first-order valence-corrected chi connectivity index (χ1v) is 11.7. The summed E-state index contributed by atoms with van der Waals surface area (Å²) in [5, 5.41) is 8.42. The van der Waals surface area contributed by atoms with Gasteiger partial charge in [-0.3, -0.25) is 15.3 Å². The molecule has 3 aliphatic rings. The monoisotopic (exact) mass is 425 g/mol. The molecule has 8 heteroatoms. The molecule has 3 fully saturated rings. The minimum Gasteiger partial charge on any atom is -0.385 e. The molecule has 0 amide bonds. The molecule has 5 heterocycles. The second-order valence-electron chi connectivity index (χ2n) is 9.33. The first-order chi connectivity index (χ1) is 15.2. The van der Waals surface area contributed by atoms with Crippen LogP contribution in [0.15, 0.2) is 24.4 Å². The summed E-state index contributed by atoms with van der Waals surface area (Å²) in [6, 6.07) is 8.41. The van der Waals surface area contributed by atoms with Crippen LogP contribution in [-0.4, -0.2) is 65.5 Å². The number of methoxy groups -OCH3 is 1. The highest BCUT2D eigenvalue weighted by Crippen LogP contribution is 2.37. The smallest absolute Gasteiger partial charge is 0.138 e. The molecule has 31 heavy (non-hydrogen) atoms. The lowest BCUT2D eigenvalue weighted by molar-refractivity contribution is 0.111. The molecule has 8 nitrogen and oxygen atoms in total. The molecule has 4 N–H and O–H groups in total. The van der Waals surface area contributed by atoms with Crippen LogP contribution in [-0.2, 0) is 4.74 Å². The van der Waals surface area contributed by atoms with Crippen LogP contribution in [0, 0.1) is 0 Å². The number of pyridine rings is 2. The molecule has 5 atom stereocenters. The van der Waals surface area contributed by atoms with Crippen molar-refractivity contribution < 1.29 is 4.74 Å². The van der Waals surface area contributed by atoms with Gasteiger partial charge in [-0.15, -0.1) is 0 Å². The molecule has 3 aliphatic heterocycles. The van der Waals surface area contributed by atoms with Gasteiger partial charge in [0.2, 0.25) is 0 Å². The van der Waals surface area contributed by atoms with E-state index in [1.807, 2.05) is 18.3 Å². The maximum atomic E-state index is 5.26. The fraction of sp³-hybridized carbons (Fsp3) is 0.652. The van der Waals surface area contributed by atoms with Gasteiger partial charge < -0.3 is 15.4 Å². The number of rotatable bonds is 8. The van der Waals surface area contributed by atoms with Crippen molar-refractivity contribution in [2.75, 3.05) is 30.9 Å². The van der Waals surface area contributed by atoms with Crippen molar-refractivity contribution in [2.24, 2.45) is 0 Å². The SMILES string of the molecule is COCCCN1[C@@H]2CC[C@H]1CC(Nc1nc(NC3CC(C)NN3)cc3ncccc13)C2. The third kappa shape index (κ3) is 4.62. The van der Waals surface area contributed by atoms with E-state index in [1.165, 1.54) is 25.7 Å². The number of aromatic nitrogens is 2. The molecule has 0 aliphatic carbocycles. The van der Waals surface area contributed by atoms with Gasteiger partial charge in [0.05, 0.1) is 11.7 Å². The van der Waals surface area contributed by atoms with Gasteiger partial charge in [-0.25, -0.2) is 10.4 Å². The fourth-order valence-electron chi connectivity index (χ4n) is 5.59. The molecule has 3 unspecified atom stereocenters. The number of piperidine rings is 1. The average Bonchev–Trinajstić information content (AvgIpc) is 3.27. The minimum atomic E-state index is 0.169. The molecule has 0 aromatic carbocycles. The van der Waals surface area contributed by atoms with Crippen LogP contribution in [0.5, 0.6) is 0 Å². The van der Waals surface area contributed by atoms with Crippen molar-refractivity contribution >= 4 is 22.5 Å². The van der Waals surface area contributed by atoms with Crippen LogP contribution >= 0.6 is 0 Å². The lowest BCUT2D eigenvalue weighted by Crippen LogP contribution is -2.47. The number of hydrazine groups is 1. The number of nitrogens with one attached hydrogen (secondary N) is 4. The van der Waals surface area contributed by atoms with E-state index in [1.54, 1.807) is 7.11 Å². The van der Waals surface area contributed by atoms with Gasteiger partial charge in [0.1, 0.15) is 11.6 Å². The molecule has 2 bridgehead atoms. The van der Waals surface area contributed by atoms with Gasteiger partial charge in [-0.1, -0.05) is 0 Å². The van der Waals surface area contributed by atoms with E-state index in [4.69, 9.17) is 9.72 Å². The summed E-state index contributed by atoms with van der Waals surface area (Å²) in [4.78, 5) is 12.3. The summed E-state index contributed by atoms with van der Waals surface area (Å²) in [5.74, 6) is 1.81. The lowest BCUT2D eigenvalue weighted by atomic mass is 9.97. The molecule has 168 valence electrons. The Labute approximate surface area is 184 Å². The molecular weight excluding hydrogens is 390 g/mol. The number of fused-ring (bicyclic) bond motifs is 3. The fourth-order valence-corrected chi connectivity index (χ4v) is 5.59. The highest BCUT2D eigenvalue weighted by Gasteiger charge is 2.40. The number of hydrogen-bond acceptors (Lipinski definition) is 8. The summed E-state index contributed by atoms with van der Waals surface area (Å²) >= 11 is 0. The van der Waals surface area contributed by atoms with Gasteiger partial charge in [0.15, 0.2) is 0 Å². The van der Waals surface area contributed by atoms with Gasteiger partial charge in [-0.05, 0) is 57.6 Å². The molecule has 3 saturated heterocycles. The van der Waals surface area contributed by atoms with Crippen LogP contribution in [0.3, 0.4) is 0 Å². The van der Waals surface area contributed by atoms with E-state index in [0.717, 1.165) is 48.5 Å². The summed E-state index contributed by atoms with van der Waals surface area (Å²) in [6.45, 7) is 4.18. The molecule has 0 spiro atoms. The standard InChI is InChI=1S/C23H35N7O/c1-15-11-22(29-28-15)26-21-14-20-19(5-3-8-24-20)23(27-21)25-16-12-17-6-7-18(13-16)30(17)9-4-10-31-2/h3,5,8,14-18,22,28-29H,4,6-7,9-13H2,1-2H3,(H2,25,26,27)/t15?,16?,17-,18+,22?. The molecular formula is C23H35N7O. The minimum absolute atomic E-state index is 0.169. The van der Waals surface area contributed by atoms with E-state index < -0.39 is 0 Å². The maximum Gasteiger partial charge on any atom is 0.138 e. The Morgan fingerprint density at radius 3 is 2.74 bits per heavy atom. The highest BCUT2D eigenvalue weighted by atomic mass is 16.5. The van der Waals surface area contributed by atoms with Crippen molar-refractivity contribution in [1.82, 2.24) is 25.7 Å². The van der Waals surface area contributed by atoms with Crippen molar-refractivity contribution in [3.63, 3.8) is 0 Å². The molecule has 0 radical (unpaired) electrons. The second kappa shape index (κ2) is 9.24. The topological polar surface area (TPSA) is 86.4 Å². The number of anilines is 2. The Bertz CT molecular complexity index is 879. The lowest BCUT2D eigenvalue weighted by Gasteiger charge is -2.39. The van der Waals surface area contributed by atoms with Crippen molar-refractivity contribution in [1.29, 1.82) is 0 Å². The number of hydrogen-bond donors (Lipinski definition) is 4. The summed E-state index contributed by atoms with van der Waals surface area (Å²) in [6.07, 6.45) is 9.13. The Kier molecular flexibility index (Phi) is 6.22. The van der Waals surface area contributed by atoms with Crippen LogP contribution in [0.25, 0.3) is 10.9 Å². The molecule has 2 aromatic heterocycles. The largest absolute Gasteiger partial charge is 0.385 e. The summed E-state index contributed by atoms with van der Waals surface area (Å²) in [7, 11) is 1.79. The van der Waals surface area contributed by atoms with E-state index in [-0.39, 0.29) is 6.17 Å². The third-order valence-electron chi connectivity index (χ3n) is 7.00. The van der Waals surface area contributed by atoms with Crippen LogP contribution in [0.2, 0.25) is 0 Å². The predicted octanol–water partition coefficient (Wildman–Crippen LogP) is 2.70. The Morgan fingerprint density at radius 2 is 2.00 bits per heavy atom. The Hall–Kier alpha value is -2.00. The van der Waals surface area contributed by atoms with Gasteiger partial charge in [-0.2, -0.15) is 0 Å². The number of nitrogens with zero attached hydrogens (tertiary/aromatic N) is 3. The van der Waals surface area contributed by atoms with Crippen molar-refractivity contribution in [3.05, 3.63) is 24.4 Å². The maximum absolute atomic E-state index is 5.26. The first-order valence-electron chi connectivity index (χ1n) is 11.7. The zero-order chi connectivity index (χ0) is 21.2. The summed E-state index contributed by atoms with van der Waals surface area (Å²) < 4.78 is 5.26. The van der Waals surface area contributed by atoms with Crippen LogP contribution in [0.1, 0.15) is 45.4 Å². The van der Waals surface area contributed by atoms with Gasteiger partial charge in [0, 0.05) is 62.1 Å². The van der Waals surface area contributed by atoms with Crippen molar-refractivity contribution in [2.45, 2.75) is 75.8 Å². The van der Waals surface area contributed by atoms with Crippen molar-refractivity contribution in [3.8, 4) is 0 Å². The molecule has 2 aromatic rings. The Morgan fingerprint density at radius 1 is 1.16 bits per heavy atom. The van der Waals surface area contributed by atoms with E-state index in [9.17, 15) is 0 Å². The first kappa shape index (κ1) is 20.9. The zero-order valence-corrected chi connectivity index (χ0v) is 18.6. The molecule has 5 rings (SSSR count). The molecule has 0 saturated carbocycles. The zero-order valence-electron chi connectivity index (χ0n) is 18.6. The average molecular weight is 426 g/mol. The Balaban J connectivity index is 1.31. The normalized spacial score (nSPS) is 30.7. The van der Waals surface area contributed by atoms with Gasteiger partial charge in [0.25, 0.3) is 0 Å². The van der Waals surface area contributed by atoms with Crippen LogP contribution < -0.4 is 21.5 Å². The number of ether oxygens (including phenoxy) is 1. The van der Waals surface area contributed by atoms with E-state index >= 15 is 0 Å². The third-order valence-corrected chi connectivity index (χ3v) is 7.00.